The van der Waals surface area contributed by atoms with Crippen LogP contribution in [-0.2, 0) is 12.8 Å². The number of aryl methyl sites for hydroxylation is 1. The van der Waals surface area contributed by atoms with Crippen LogP contribution >= 0.6 is 0 Å². The van der Waals surface area contributed by atoms with E-state index in [-0.39, 0.29) is 11.3 Å². The van der Waals surface area contributed by atoms with Crippen LogP contribution in [0.15, 0.2) is 64.0 Å². The summed E-state index contributed by atoms with van der Waals surface area (Å²) in [6.45, 7) is 3.94. The number of benzene rings is 2. The summed E-state index contributed by atoms with van der Waals surface area (Å²) in [5.41, 5.74) is 3.58. The normalized spacial score (nSPS) is 10.7. The smallest absolute Gasteiger partial charge is 0.257 e. The molecule has 0 aliphatic heterocycles. The third kappa shape index (κ3) is 3.42. The molecule has 30 heavy (non-hydrogen) atoms. The van der Waals surface area contributed by atoms with Gasteiger partial charge in [-0.05, 0) is 36.1 Å². The van der Waals surface area contributed by atoms with E-state index in [4.69, 9.17) is 9.15 Å². The van der Waals surface area contributed by atoms with Crippen molar-refractivity contribution in [2.24, 2.45) is 0 Å². The molecule has 0 unspecified atom stereocenters. The summed E-state index contributed by atoms with van der Waals surface area (Å²) in [5.74, 6) is 0.560. The van der Waals surface area contributed by atoms with Crippen molar-refractivity contribution in [1.82, 2.24) is 10.2 Å². The minimum absolute atomic E-state index is 0.118. The van der Waals surface area contributed by atoms with E-state index in [1.807, 2.05) is 44.2 Å². The van der Waals surface area contributed by atoms with E-state index in [1.54, 1.807) is 18.2 Å². The second-order valence-corrected chi connectivity index (χ2v) is 6.73. The zero-order valence-electron chi connectivity index (χ0n) is 16.7. The van der Waals surface area contributed by atoms with Gasteiger partial charge in [-0.15, -0.1) is 5.10 Å². The van der Waals surface area contributed by atoms with E-state index in [1.165, 1.54) is 6.26 Å². The Kier molecular flexibility index (Phi) is 5.27. The van der Waals surface area contributed by atoms with Crippen LogP contribution < -0.4 is 10.2 Å². The highest BCUT2D eigenvalue weighted by molar-refractivity contribution is 5.82. The Morgan fingerprint density at radius 3 is 2.57 bits per heavy atom. The lowest BCUT2D eigenvalue weighted by Gasteiger charge is -2.11. The van der Waals surface area contributed by atoms with E-state index in [2.05, 4.69) is 16.3 Å². The van der Waals surface area contributed by atoms with Crippen LogP contribution in [0, 0.1) is 11.3 Å². The van der Waals surface area contributed by atoms with Gasteiger partial charge in [0.2, 0.25) is 0 Å². The number of ether oxygens (including phenoxy) is 1. The molecule has 0 saturated heterocycles. The van der Waals surface area contributed by atoms with Crippen LogP contribution in [0.5, 0.6) is 11.6 Å². The third-order valence-electron chi connectivity index (χ3n) is 4.97. The lowest BCUT2D eigenvalue weighted by atomic mass is 10.0. The molecule has 0 aliphatic rings. The molecule has 6 nitrogen and oxygen atoms in total. The van der Waals surface area contributed by atoms with Crippen molar-refractivity contribution in [2.75, 3.05) is 0 Å². The first-order valence-corrected chi connectivity index (χ1v) is 9.73. The van der Waals surface area contributed by atoms with Crippen molar-refractivity contribution in [3.8, 4) is 28.8 Å². The van der Waals surface area contributed by atoms with Gasteiger partial charge in [0, 0.05) is 6.07 Å². The van der Waals surface area contributed by atoms with E-state index in [0.29, 0.717) is 40.7 Å². The highest BCUT2D eigenvalue weighted by Crippen LogP contribution is 2.29. The van der Waals surface area contributed by atoms with Gasteiger partial charge >= 0.3 is 0 Å². The molecule has 148 valence electrons. The summed E-state index contributed by atoms with van der Waals surface area (Å²) in [6.07, 6.45) is 2.80. The Labute approximate surface area is 173 Å². The van der Waals surface area contributed by atoms with Gasteiger partial charge in [-0.25, -0.2) is 0 Å². The molecule has 0 atom stereocenters. The highest BCUT2D eigenvalue weighted by atomic mass is 16.5. The average Bonchev–Trinajstić information content (AvgIpc) is 2.79. The van der Waals surface area contributed by atoms with Crippen LogP contribution in [0.2, 0.25) is 0 Å². The number of hydrogen-bond donors (Lipinski definition) is 0. The summed E-state index contributed by atoms with van der Waals surface area (Å²) < 4.78 is 11.6. The zero-order chi connectivity index (χ0) is 21.1. The Hall–Kier alpha value is -3.98. The number of rotatable bonds is 5. The summed E-state index contributed by atoms with van der Waals surface area (Å²) in [7, 11) is 0. The van der Waals surface area contributed by atoms with Gasteiger partial charge in [-0.2, -0.15) is 10.4 Å². The largest absolute Gasteiger partial charge is 0.463 e. The SMILES string of the molecule is CCc1nnc(Oc2ccc3c(=O)c(-c4ccccc4)coc3c2)c(C#N)c1CC. The summed E-state index contributed by atoms with van der Waals surface area (Å²) in [6, 6.07) is 16.5. The summed E-state index contributed by atoms with van der Waals surface area (Å²) in [5, 5.41) is 18.4. The molecule has 2 aromatic heterocycles. The van der Waals surface area contributed by atoms with Crippen molar-refractivity contribution >= 4 is 11.0 Å². The van der Waals surface area contributed by atoms with Gasteiger partial charge in [-0.3, -0.25) is 4.79 Å². The molecule has 0 N–H and O–H groups in total. The van der Waals surface area contributed by atoms with E-state index >= 15 is 0 Å². The van der Waals surface area contributed by atoms with Crippen LogP contribution in [0.3, 0.4) is 0 Å². The minimum atomic E-state index is -0.118. The molecule has 6 heteroatoms. The van der Waals surface area contributed by atoms with E-state index in [0.717, 1.165) is 16.8 Å². The molecular formula is C24H19N3O3. The van der Waals surface area contributed by atoms with Crippen LogP contribution in [0.1, 0.15) is 30.7 Å². The fraction of sp³-hybridized carbons (Fsp3) is 0.167. The fourth-order valence-electron chi connectivity index (χ4n) is 3.44. The van der Waals surface area contributed by atoms with Gasteiger partial charge in [-0.1, -0.05) is 44.2 Å². The second-order valence-electron chi connectivity index (χ2n) is 6.73. The van der Waals surface area contributed by atoms with Gasteiger partial charge < -0.3 is 9.15 Å². The molecular weight excluding hydrogens is 378 g/mol. The Morgan fingerprint density at radius 1 is 1.07 bits per heavy atom. The van der Waals surface area contributed by atoms with Gasteiger partial charge in [0.15, 0.2) is 5.43 Å². The van der Waals surface area contributed by atoms with Crippen molar-refractivity contribution < 1.29 is 9.15 Å². The standard InChI is InChI=1S/C24H19N3O3/c1-3-17-19(13-25)24(27-26-21(17)4-2)30-16-10-11-18-22(12-16)29-14-20(23(18)28)15-8-6-5-7-9-15/h5-12,14H,3-4H2,1-2H3. The molecule has 4 rings (SSSR count). The predicted octanol–water partition coefficient (Wildman–Crippen LogP) is 5.04. The third-order valence-corrected chi connectivity index (χ3v) is 4.97. The number of nitriles is 1. The monoisotopic (exact) mass is 397 g/mol. The van der Waals surface area contributed by atoms with Gasteiger partial charge in [0.1, 0.15) is 29.2 Å². The van der Waals surface area contributed by atoms with E-state index in [9.17, 15) is 10.1 Å². The molecule has 4 aromatic rings. The van der Waals surface area contributed by atoms with Gasteiger partial charge in [0.25, 0.3) is 5.88 Å². The molecule has 0 fully saturated rings. The minimum Gasteiger partial charge on any atom is -0.463 e. The zero-order valence-corrected chi connectivity index (χ0v) is 16.7. The second kappa shape index (κ2) is 8.18. The first kappa shape index (κ1) is 19.3. The number of aromatic nitrogens is 2. The molecule has 0 amide bonds. The first-order chi connectivity index (χ1) is 14.7. The quantitative estimate of drug-likeness (QED) is 0.469. The molecule has 0 spiro atoms. The van der Waals surface area contributed by atoms with E-state index < -0.39 is 0 Å². The summed E-state index contributed by atoms with van der Waals surface area (Å²) >= 11 is 0. The van der Waals surface area contributed by atoms with Crippen LogP contribution in [-0.4, -0.2) is 10.2 Å². The highest BCUT2D eigenvalue weighted by Gasteiger charge is 2.17. The van der Waals surface area contributed by atoms with Crippen molar-refractivity contribution in [1.29, 1.82) is 5.26 Å². The van der Waals surface area contributed by atoms with Crippen molar-refractivity contribution in [3.63, 3.8) is 0 Å². The Morgan fingerprint density at radius 2 is 1.87 bits per heavy atom. The molecule has 0 saturated carbocycles. The first-order valence-electron chi connectivity index (χ1n) is 9.73. The molecule has 0 bridgehead atoms. The summed E-state index contributed by atoms with van der Waals surface area (Å²) in [4.78, 5) is 12.9. The maximum Gasteiger partial charge on any atom is 0.257 e. The predicted molar refractivity (Wildman–Crippen MR) is 113 cm³/mol. The number of nitrogens with zero attached hydrogens (tertiary/aromatic N) is 3. The lowest BCUT2D eigenvalue weighted by Crippen LogP contribution is -2.06. The lowest BCUT2D eigenvalue weighted by molar-refractivity contribution is 0.450. The molecule has 2 heterocycles. The average molecular weight is 397 g/mol. The van der Waals surface area contributed by atoms with Crippen LogP contribution in [0.4, 0.5) is 0 Å². The number of hydrogen-bond acceptors (Lipinski definition) is 6. The number of fused-ring (bicyclic) bond motifs is 1. The van der Waals surface area contributed by atoms with Crippen molar-refractivity contribution in [3.05, 3.63) is 81.8 Å². The van der Waals surface area contributed by atoms with Crippen molar-refractivity contribution in [2.45, 2.75) is 26.7 Å². The molecule has 0 aliphatic carbocycles. The maximum absolute atomic E-state index is 12.9. The fourth-order valence-corrected chi connectivity index (χ4v) is 3.44. The van der Waals surface area contributed by atoms with Crippen LogP contribution in [0.25, 0.3) is 22.1 Å². The Balaban J connectivity index is 1.74. The molecule has 0 radical (unpaired) electrons. The Bertz CT molecular complexity index is 1320. The van der Waals surface area contributed by atoms with Gasteiger partial charge in [0.05, 0.1) is 16.6 Å². The molecule has 2 aromatic carbocycles. The topological polar surface area (TPSA) is 89.0 Å². The maximum atomic E-state index is 12.9.